The normalized spacial score (nSPS) is 32.1. The first-order chi connectivity index (χ1) is 8.08. The van der Waals surface area contributed by atoms with Crippen LogP contribution in [0.15, 0.2) is 12.2 Å². The first-order valence-electron chi connectivity index (χ1n) is 6.25. The van der Waals surface area contributed by atoms with E-state index in [0.29, 0.717) is 25.4 Å². The highest BCUT2D eigenvalue weighted by Gasteiger charge is 2.37. The maximum Gasteiger partial charge on any atom is 0.308 e. The molecule has 0 bridgehead atoms. The van der Waals surface area contributed by atoms with E-state index in [1.54, 1.807) is 4.90 Å². The molecule has 4 heteroatoms. The molecule has 1 aliphatic carbocycles. The molecule has 0 spiro atoms. The number of carboxylic acids is 1. The second-order valence-corrected chi connectivity index (χ2v) is 5.19. The van der Waals surface area contributed by atoms with Crippen molar-refractivity contribution in [2.75, 3.05) is 13.1 Å². The molecule has 1 aliphatic heterocycles. The van der Waals surface area contributed by atoms with Crippen LogP contribution in [0.25, 0.3) is 0 Å². The van der Waals surface area contributed by atoms with E-state index in [2.05, 4.69) is 12.2 Å². The minimum atomic E-state index is -0.784. The lowest BCUT2D eigenvalue weighted by Gasteiger charge is -2.17. The minimum absolute atomic E-state index is 0.0653. The molecule has 1 amide bonds. The average molecular weight is 237 g/mol. The van der Waals surface area contributed by atoms with Crippen LogP contribution in [0, 0.1) is 17.8 Å². The monoisotopic (exact) mass is 237 g/mol. The molecule has 1 unspecified atom stereocenters. The predicted molar refractivity (Wildman–Crippen MR) is 63.4 cm³/mol. The number of aliphatic carboxylic acids is 1. The zero-order valence-electron chi connectivity index (χ0n) is 10.1. The molecule has 1 saturated heterocycles. The summed E-state index contributed by atoms with van der Waals surface area (Å²) in [4.78, 5) is 24.7. The molecule has 17 heavy (non-hydrogen) atoms. The SMILES string of the molecule is C[C@@H]1CN(C(=O)CC2C=CCC2)C[C@H]1C(=O)O. The molecule has 1 N–H and O–H groups in total. The molecule has 2 aliphatic rings. The first kappa shape index (κ1) is 12.1. The summed E-state index contributed by atoms with van der Waals surface area (Å²) in [5.41, 5.74) is 0. The fourth-order valence-electron chi connectivity index (χ4n) is 2.71. The lowest BCUT2D eigenvalue weighted by atomic mass is 9.99. The molecule has 1 heterocycles. The van der Waals surface area contributed by atoms with Crippen molar-refractivity contribution in [3.05, 3.63) is 12.2 Å². The number of likely N-dealkylation sites (tertiary alicyclic amines) is 1. The molecule has 1 fully saturated rings. The van der Waals surface area contributed by atoms with Crippen molar-refractivity contribution in [3.63, 3.8) is 0 Å². The number of amides is 1. The largest absolute Gasteiger partial charge is 0.481 e. The summed E-state index contributed by atoms with van der Waals surface area (Å²) in [6, 6.07) is 0. The summed E-state index contributed by atoms with van der Waals surface area (Å²) >= 11 is 0. The van der Waals surface area contributed by atoms with Gasteiger partial charge in [0, 0.05) is 19.5 Å². The van der Waals surface area contributed by atoms with Crippen molar-refractivity contribution in [2.24, 2.45) is 17.8 Å². The van der Waals surface area contributed by atoms with Crippen LogP contribution < -0.4 is 0 Å². The van der Waals surface area contributed by atoms with E-state index >= 15 is 0 Å². The number of carbonyl (C=O) groups excluding carboxylic acids is 1. The van der Waals surface area contributed by atoms with Gasteiger partial charge in [-0.05, 0) is 24.7 Å². The third-order valence-corrected chi connectivity index (χ3v) is 3.83. The molecule has 0 saturated carbocycles. The van der Waals surface area contributed by atoms with E-state index in [1.165, 1.54) is 0 Å². The van der Waals surface area contributed by atoms with E-state index in [0.717, 1.165) is 12.8 Å². The number of allylic oxidation sites excluding steroid dienone is 2. The van der Waals surface area contributed by atoms with Crippen LogP contribution in [0.4, 0.5) is 0 Å². The van der Waals surface area contributed by atoms with E-state index in [9.17, 15) is 9.59 Å². The van der Waals surface area contributed by atoms with Crippen molar-refractivity contribution in [2.45, 2.75) is 26.2 Å². The number of rotatable bonds is 3. The molecule has 2 rings (SSSR count). The molecule has 94 valence electrons. The molecule has 0 aromatic carbocycles. The van der Waals surface area contributed by atoms with Gasteiger partial charge in [0.05, 0.1) is 5.92 Å². The van der Waals surface area contributed by atoms with Crippen LogP contribution >= 0.6 is 0 Å². The summed E-state index contributed by atoms with van der Waals surface area (Å²) < 4.78 is 0. The third-order valence-electron chi connectivity index (χ3n) is 3.83. The fraction of sp³-hybridized carbons (Fsp3) is 0.692. The molecule has 3 atom stereocenters. The minimum Gasteiger partial charge on any atom is -0.481 e. The number of hydrogen-bond acceptors (Lipinski definition) is 2. The summed E-state index contributed by atoms with van der Waals surface area (Å²) in [5.74, 6) is -0.638. The Labute approximate surface area is 101 Å². The third kappa shape index (κ3) is 2.68. The van der Waals surface area contributed by atoms with E-state index < -0.39 is 11.9 Å². The Bertz CT molecular complexity index is 351. The maximum absolute atomic E-state index is 12.0. The highest BCUT2D eigenvalue weighted by Crippen LogP contribution is 2.26. The summed E-state index contributed by atoms with van der Waals surface area (Å²) in [6.07, 6.45) is 6.87. The van der Waals surface area contributed by atoms with Crippen LogP contribution in [-0.2, 0) is 9.59 Å². The van der Waals surface area contributed by atoms with Crippen molar-refractivity contribution in [3.8, 4) is 0 Å². The van der Waals surface area contributed by atoms with Crippen LogP contribution in [0.1, 0.15) is 26.2 Å². The summed E-state index contributed by atoms with van der Waals surface area (Å²) in [5, 5.41) is 9.02. The van der Waals surface area contributed by atoms with Crippen LogP contribution in [0.5, 0.6) is 0 Å². The second-order valence-electron chi connectivity index (χ2n) is 5.19. The van der Waals surface area contributed by atoms with E-state index in [-0.39, 0.29) is 11.8 Å². The van der Waals surface area contributed by atoms with Gasteiger partial charge >= 0.3 is 5.97 Å². The molecule has 0 aromatic rings. The van der Waals surface area contributed by atoms with Gasteiger partial charge in [0.1, 0.15) is 0 Å². The van der Waals surface area contributed by atoms with Gasteiger partial charge < -0.3 is 10.0 Å². The molecule has 0 radical (unpaired) electrons. The number of carboxylic acid groups (broad SMARTS) is 1. The predicted octanol–water partition coefficient (Wildman–Crippen LogP) is 1.52. The standard InChI is InChI=1S/C13H19NO3/c1-9-7-14(8-11(9)13(16)17)12(15)6-10-4-2-3-5-10/h2,4,9-11H,3,5-8H2,1H3,(H,16,17)/t9-,10?,11-/m1/s1. The van der Waals surface area contributed by atoms with Gasteiger partial charge in [0.15, 0.2) is 0 Å². The lowest BCUT2D eigenvalue weighted by molar-refractivity contribution is -0.142. The van der Waals surface area contributed by atoms with Crippen molar-refractivity contribution in [1.82, 2.24) is 4.90 Å². The van der Waals surface area contributed by atoms with Crippen LogP contribution in [0.3, 0.4) is 0 Å². The van der Waals surface area contributed by atoms with Crippen molar-refractivity contribution in [1.29, 1.82) is 0 Å². The Kier molecular flexibility index (Phi) is 3.50. The average Bonchev–Trinajstić information content (AvgIpc) is 2.86. The summed E-state index contributed by atoms with van der Waals surface area (Å²) in [6.45, 7) is 2.87. The zero-order valence-corrected chi connectivity index (χ0v) is 10.1. The number of carbonyl (C=O) groups is 2. The van der Waals surface area contributed by atoms with E-state index in [4.69, 9.17) is 5.11 Å². The van der Waals surface area contributed by atoms with Gasteiger partial charge in [-0.2, -0.15) is 0 Å². The van der Waals surface area contributed by atoms with Crippen LogP contribution in [-0.4, -0.2) is 35.0 Å². The van der Waals surface area contributed by atoms with Gasteiger partial charge in [-0.15, -0.1) is 0 Å². The Morgan fingerprint density at radius 2 is 2.18 bits per heavy atom. The van der Waals surface area contributed by atoms with Gasteiger partial charge in [0.25, 0.3) is 0 Å². The van der Waals surface area contributed by atoms with Crippen molar-refractivity contribution < 1.29 is 14.7 Å². The quantitative estimate of drug-likeness (QED) is 0.757. The Hall–Kier alpha value is -1.32. The molecular weight excluding hydrogens is 218 g/mol. The highest BCUT2D eigenvalue weighted by atomic mass is 16.4. The first-order valence-corrected chi connectivity index (χ1v) is 6.25. The van der Waals surface area contributed by atoms with Crippen LogP contribution in [0.2, 0.25) is 0 Å². The maximum atomic E-state index is 12.0. The number of nitrogens with zero attached hydrogens (tertiary/aromatic N) is 1. The highest BCUT2D eigenvalue weighted by molar-refractivity contribution is 5.79. The Morgan fingerprint density at radius 3 is 2.71 bits per heavy atom. The second kappa shape index (κ2) is 4.90. The van der Waals surface area contributed by atoms with Gasteiger partial charge in [-0.25, -0.2) is 0 Å². The molecule has 0 aromatic heterocycles. The molecule has 4 nitrogen and oxygen atoms in total. The molecular formula is C13H19NO3. The van der Waals surface area contributed by atoms with E-state index in [1.807, 2.05) is 6.92 Å². The zero-order chi connectivity index (χ0) is 12.4. The van der Waals surface area contributed by atoms with Gasteiger partial charge in [-0.3, -0.25) is 9.59 Å². The van der Waals surface area contributed by atoms with Gasteiger partial charge in [0.2, 0.25) is 5.91 Å². The topological polar surface area (TPSA) is 57.6 Å². The van der Waals surface area contributed by atoms with Gasteiger partial charge in [-0.1, -0.05) is 19.1 Å². The smallest absolute Gasteiger partial charge is 0.308 e. The number of hydrogen-bond donors (Lipinski definition) is 1. The Balaban J connectivity index is 1.88. The fourth-order valence-corrected chi connectivity index (χ4v) is 2.71. The lowest BCUT2D eigenvalue weighted by Crippen LogP contribution is -2.30. The van der Waals surface area contributed by atoms with Crippen molar-refractivity contribution >= 4 is 11.9 Å². The Morgan fingerprint density at radius 1 is 1.41 bits per heavy atom. The summed E-state index contributed by atoms with van der Waals surface area (Å²) in [7, 11) is 0.